The first-order valence-electron chi connectivity index (χ1n) is 7.05. The molecule has 0 aromatic heterocycles. The van der Waals surface area contributed by atoms with Crippen molar-refractivity contribution in [3.63, 3.8) is 0 Å². The Hall–Kier alpha value is -1.55. The van der Waals surface area contributed by atoms with Gasteiger partial charge >= 0.3 is 0 Å². The lowest BCUT2D eigenvalue weighted by molar-refractivity contribution is -0.129. The Morgan fingerprint density at radius 2 is 2.11 bits per heavy atom. The van der Waals surface area contributed by atoms with Gasteiger partial charge in [-0.15, -0.1) is 0 Å². The zero-order valence-corrected chi connectivity index (χ0v) is 11.4. The number of para-hydroxylation sites is 1. The van der Waals surface area contributed by atoms with Gasteiger partial charge in [-0.1, -0.05) is 18.2 Å². The molecular weight excluding hydrogens is 238 g/mol. The molecule has 0 bridgehead atoms. The molecular formula is C15H21N3O. The number of fused-ring (bicyclic) bond motifs is 1. The van der Waals surface area contributed by atoms with E-state index in [1.54, 1.807) is 0 Å². The topological polar surface area (TPSA) is 49.6 Å². The van der Waals surface area contributed by atoms with E-state index >= 15 is 0 Å². The number of nitrogens with zero attached hydrogens (tertiary/aromatic N) is 2. The lowest BCUT2D eigenvalue weighted by atomic mass is 10.0. The zero-order valence-electron chi connectivity index (χ0n) is 11.4. The highest BCUT2D eigenvalue weighted by Gasteiger charge is 2.35. The third kappa shape index (κ3) is 2.21. The van der Waals surface area contributed by atoms with Crippen molar-refractivity contribution in [3.05, 3.63) is 29.8 Å². The molecule has 2 N–H and O–H groups in total. The molecule has 1 aromatic rings. The first-order valence-corrected chi connectivity index (χ1v) is 7.05. The molecule has 0 spiro atoms. The van der Waals surface area contributed by atoms with E-state index in [4.69, 9.17) is 5.73 Å². The molecule has 3 rings (SSSR count). The fourth-order valence-corrected chi connectivity index (χ4v) is 3.24. The number of anilines is 1. The normalized spacial score (nSPS) is 24.5. The minimum Gasteiger partial charge on any atom is -0.367 e. The molecule has 2 aliphatic heterocycles. The maximum Gasteiger partial charge on any atom is 0.223 e. The van der Waals surface area contributed by atoms with E-state index in [1.807, 2.05) is 17.9 Å². The maximum atomic E-state index is 11.7. The molecule has 19 heavy (non-hydrogen) atoms. The Bertz CT molecular complexity index is 486. The molecule has 1 aromatic carbocycles. The molecule has 0 radical (unpaired) electrons. The summed E-state index contributed by atoms with van der Waals surface area (Å²) in [5, 5.41) is 0. The van der Waals surface area contributed by atoms with E-state index in [-0.39, 0.29) is 6.04 Å². The van der Waals surface area contributed by atoms with Crippen LogP contribution in [0.4, 0.5) is 5.69 Å². The molecule has 4 heteroatoms. The lowest BCUT2D eigenvalue weighted by Crippen LogP contribution is -2.51. The van der Waals surface area contributed by atoms with Crippen LogP contribution >= 0.6 is 0 Å². The van der Waals surface area contributed by atoms with Gasteiger partial charge in [0.1, 0.15) is 0 Å². The van der Waals surface area contributed by atoms with Gasteiger partial charge in [-0.25, -0.2) is 0 Å². The lowest BCUT2D eigenvalue weighted by Gasteiger charge is -2.40. The van der Waals surface area contributed by atoms with E-state index in [0.717, 1.165) is 26.1 Å². The number of benzene rings is 1. The zero-order chi connectivity index (χ0) is 13.4. The molecule has 2 saturated heterocycles. The summed E-state index contributed by atoms with van der Waals surface area (Å²) in [7, 11) is 0. The molecule has 2 atom stereocenters. The predicted molar refractivity (Wildman–Crippen MR) is 76.0 cm³/mol. The van der Waals surface area contributed by atoms with Gasteiger partial charge in [0.15, 0.2) is 0 Å². The van der Waals surface area contributed by atoms with E-state index in [9.17, 15) is 4.79 Å². The van der Waals surface area contributed by atoms with Crippen LogP contribution in [0.2, 0.25) is 0 Å². The minimum absolute atomic E-state index is 0.0411. The van der Waals surface area contributed by atoms with Crippen molar-refractivity contribution in [1.82, 2.24) is 4.90 Å². The van der Waals surface area contributed by atoms with Crippen LogP contribution in [0.15, 0.2) is 24.3 Å². The van der Waals surface area contributed by atoms with E-state index in [1.165, 1.54) is 11.3 Å². The minimum atomic E-state index is 0.0411. The third-order valence-corrected chi connectivity index (χ3v) is 4.26. The monoisotopic (exact) mass is 259 g/mol. The largest absolute Gasteiger partial charge is 0.367 e. The second-order valence-electron chi connectivity index (χ2n) is 5.57. The van der Waals surface area contributed by atoms with Gasteiger partial charge in [0, 0.05) is 43.8 Å². The quantitative estimate of drug-likeness (QED) is 0.876. The first kappa shape index (κ1) is 12.5. The van der Waals surface area contributed by atoms with Crippen LogP contribution in [-0.2, 0) is 4.79 Å². The van der Waals surface area contributed by atoms with Gasteiger partial charge < -0.3 is 15.5 Å². The van der Waals surface area contributed by atoms with Crippen molar-refractivity contribution in [1.29, 1.82) is 0 Å². The number of carbonyl (C=O) groups excluding carboxylic acids is 1. The number of nitrogens with two attached hydrogens (primary N) is 1. The first-order chi connectivity index (χ1) is 9.16. The number of hydrogen-bond donors (Lipinski definition) is 1. The average molecular weight is 259 g/mol. The van der Waals surface area contributed by atoms with E-state index in [0.29, 0.717) is 18.4 Å². The van der Waals surface area contributed by atoms with Gasteiger partial charge in [-0.05, 0) is 25.0 Å². The van der Waals surface area contributed by atoms with E-state index < -0.39 is 0 Å². The summed E-state index contributed by atoms with van der Waals surface area (Å²) >= 11 is 0. The Balaban J connectivity index is 1.83. The van der Waals surface area contributed by atoms with Gasteiger partial charge in [-0.3, -0.25) is 4.79 Å². The summed E-state index contributed by atoms with van der Waals surface area (Å²) in [5.41, 5.74) is 8.49. The van der Waals surface area contributed by atoms with Crippen LogP contribution in [0.1, 0.15) is 31.4 Å². The number of carbonyl (C=O) groups is 1. The summed E-state index contributed by atoms with van der Waals surface area (Å²) in [5.74, 6) is 0.324. The van der Waals surface area contributed by atoms with Gasteiger partial charge in [-0.2, -0.15) is 0 Å². The van der Waals surface area contributed by atoms with Crippen molar-refractivity contribution in [2.24, 2.45) is 5.73 Å². The van der Waals surface area contributed by atoms with Crippen LogP contribution in [0.25, 0.3) is 0 Å². The molecule has 2 aliphatic rings. The van der Waals surface area contributed by atoms with Gasteiger partial charge in [0.2, 0.25) is 5.91 Å². The highest BCUT2D eigenvalue weighted by atomic mass is 16.2. The standard InChI is InChI=1S/C15H21N3O/c1-11(16)13-4-2-3-5-14(13)17-8-9-18-12(10-17)6-7-15(18)19/h2-5,11-12H,6-10,16H2,1H3/t11-,12?/m1/s1. The van der Waals surface area contributed by atoms with Gasteiger partial charge in [0.05, 0.1) is 0 Å². The highest BCUT2D eigenvalue weighted by Crippen LogP contribution is 2.30. The van der Waals surface area contributed by atoms with Gasteiger partial charge in [0.25, 0.3) is 0 Å². The molecule has 2 heterocycles. The van der Waals surface area contributed by atoms with Crippen LogP contribution in [0.5, 0.6) is 0 Å². The maximum absolute atomic E-state index is 11.7. The SMILES string of the molecule is C[C@@H](N)c1ccccc1N1CCN2C(=O)CCC2C1. The van der Waals surface area contributed by atoms with Crippen LogP contribution < -0.4 is 10.6 Å². The fraction of sp³-hybridized carbons (Fsp3) is 0.533. The average Bonchev–Trinajstić information content (AvgIpc) is 2.80. The van der Waals surface area contributed by atoms with Crippen molar-refractivity contribution in [2.45, 2.75) is 31.8 Å². The van der Waals surface area contributed by atoms with Crippen LogP contribution in [0, 0.1) is 0 Å². The summed E-state index contributed by atoms with van der Waals surface area (Å²) in [4.78, 5) is 16.1. The summed E-state index contributed by atoms with van der Waals surface area (Å²) in [6.45, 7) is 4.71. The highest BCUT2D eigenvalue weighted by molar-refractivity contribution is 5.79. The molecule has 2 fully saturated rings. The van der Waals surface area contributed by atoms with Crippen molar-refractivity contribution >= 4 is 11.6 Å². The Labute approximate surface area is 114 Å². The molecule has 102 valence electrons. The number of amides is 1. The number of piperazine rings is 1. The second-order valence-corrected chi connectivity index (χ2v) is 5.57. The summed E-state index contributed by atoms with van der Waals surface area (Å²) in [6, 6.07) is 8.78. The van der Waals surface area contributed by atoms with Crippen LogP contribution in [-0.4, -0.2) is 36.5 Å². The molecule has 4 nitrogen and oxygen atoms in total. The second kappa shape index (κ2) is 4.85. The third-order valence-electron chi connectivity index (χ3n) is 4.26. The predicted octanol–water partition coefficient (Wildman–Crippen LogP) is 1.52. The van der Waals surface area contributed by atoms with E-state index in [2.05, 4.69) is 23.1 Å². The molecule has 1 amide bonds. The van der Waals surface area contributed by atoms with Crippen molar-refractivity contribution in [3.8, 4) is 0 Å². The van der Waals surface area contributed by atoms with Crippen molar-refractivity contribution in [2.75, 3.05) is 24.5 Å². The number of hydrogen-bond acceptors (Lipinski definition) is 3. The Morgan fingerprint density at radius 3 is 2.89 bits per heavy atom. The Morgan fingerprint density at radius 1 is 1.32 bits per heavy atom. The molecule has 0 aliphatic carbocycles. The molecule has 0 saturated carbocycles. The fourth-order valence-electron chi connectivity index (χ4n) is 3.24. The number of rotatable bonds is 2. The van der Waals surface area contributed by atoms with Crippen LogP contribution in [0.3, 0.4) is 0 Å². The molecule has 1 unspecified atom stereocenters. The smallest absolute Gasteiger partial charge is 0.223 e. The van der Waals surface area contributed by atoms with Crippen molar-refractivity contribution < 1.29 is 4.79 Å². The Kier molecular flexibility index (Phi) is 3.19. The summed E-state index contributed by atoms with van der Waals surface area (Å²) < 4.78 is 0. The summed E-state index contributed by atoms with van der Waals surface area (Å²) in [6.07, 6.45) is 1.71.